The van der Waals surface area contributed by atoms with Crippen LogP contribution in [0.2, 0.25) is 0 Å². The lowest BCUT2D eigenvalue weighted by molar-refractivity contribution is 0.156. The number of fused-ring (bicyclic) bond motifs is 1. The van der Waals surface area contributed by atoms with Crippen molar-refractivity contribution in [2.24, 2.45) is 0 Å². The van der Waals surface area contributed by atoms with Crippen molar-refractivity contribution in [1.82, 2.24) is 4.90 Å². The fraction of sp³-hybridized carbons (Fsp3) is 0.294. The highest BCUT2D eigenvalue weighted by molar-refractivity contribution is 5.34. The van der Waals surface area contributed by atoms with E-state index >= 15 is 0 Å². The van der Waals surface area contributed by atoms with Crippen molar-refractivity contribution < 1.29 is 9.13 Å². The fourth-order valence-electron chi connectivity index (χ4n) is 2.69. The van der Waals surface area contributed by atoms with Gasteiger partial charge in [0.05, 0.1) is 0 Å². The molecule has 1 aliphatic heterocycles. The van der Waals surface area contributed by atoms with E-state index in [1.165, 1.54) is 11.6 Å². The molecule has 1 atom stereocenters. The fourth-order valence-corrected chi connectivity index (χ4v) is 2.69. The zero-order valence-corrected chi connectivity index (χ0v) is 11.6. The molecular formula is C17H18FNO. The zero-order chi connectivity index (χ0) is 13.9. The van der Waals surface area contributed by atoms with Gasteiger partial charge in [-0.1, -0.05) is 30.3 Å². The second kappa shape index (κ2) is 5.63. The monoisotopic (exact) mass is 271 g/mol. The minimum Gasteiger partial charge on any atom is -0.489 e. The molecule has 0 aromatic heterocycles. The second-order valence-electron chi connectivity index (χ2n) is 5.34. The quantitative estimate of drug-likeness (QED) is 0.827. The van der Waals surface area contributed by atoms with E-state index in [0.717, 1.165) is 30.9 Å². The van der Waals surface area contributed by atoms with Crippen molar-refractivity contribution in [3.63, 3.8) is 0 Å². The van der Waals surface area contributed by atoms with Crippen LogP contribution >= 0.6 is 0 Å². The molecule has 3 heteroatoms. The average Bonchev–Trinajstić information content (AvgIpc) is 2.56. The van der Waals surface area contributed by atoms with Gasteiger partial charge in [0.25, 0.3) is 0 Å². The first-order valence-electron chi connectivity index (χ1n) is 6.92. The molecule has 0 saturated heterocycles. The molecule has 1 heterocycles. The van der Waals surface area contributed by atoms with Crippen LogP contribution in [0.4, 0.5) is 4.39 Å². The molecule has 0 aliphatic carbocycles. The maximum Gasteiger partial charge on any atom is 0.124 e. The van der Waals surface area contributed by atoms with Crippen LogP contribution in [0.3, 0.4) is 0 Å². The van der Waals surface area contributed by atoms with Crippen molar-refractivity contribution in [2.75, 3.05) is 6.54 Å². The van der Waals surface area contributed by atoms with Gasteiger partial charge >= 0.3 is 0 Å². The van der Waals surface area contributed by atoms with E-state index in [2.05, 4.69) is 17.9 Å². The van der Waals surface area contributed by atoms with Crippen LogP contribution in [0.5, 0.6) is 5.75 Å². The Balaban J connectivity index is 1.80. The van der Waals surface area contributed by atoms with Crippen molar-refractivity contribution in [3.8, 4) is 5.75 Å². The first-order chi connectivity index (χ1) is 9.70. The lowest BCUT2D eigenvalue weighted by Gasteiger charge is -2.21. The highest BCUT2D eigenvalue weighted by Gasteiger charge is 2.19. The molecule has 0 radical (unpaired) electrons. The molecule has 3 rings (SSSR count). The third-order valence-corrected chi connectivity index (χ3v) is 3.51. The Labute approximate surface area is 118 Å². The number of ether oxygens (including phenoxy) is 1. The highest BCUT2D eigenvalue weighted by atomic mass is 19.1. The number of hydrogen-bond acceptors (Lipinski definition) is 2. The Morgan fingerprint density at radius 2 is 2.05 bits per heavy atom. The van der Waals surface area contributed by atoms with Crippen LogP contribution in [-0.2, 0) is 13.1 Å². The van der Waals surface area contributed by atoms with E-state index in [-0.39, 0.29) is 11.9 Å². The molecule has 104 valence electrons. The lowest BCUT2D eigenvalue weighted by Crippen LogP contribution is -2.30. The summed E-state index contributed by atoms with van der Waals surface area (Å²) in [5.41, 5.74) is 2.19. The summed E-state index contributed by atoms with van der Waals surface area (Å²) in [4.78, 5) is 2.30. The third kappa shape index (κ3) is 2.99. The van der Waals surface area contributed by atoms with Gasteiger partial charge in [-0.25, -0.2) is 4.39 Å². The third-order valence-electron chi connectivity index (χ3n) is 3.51. The van der Waals surface area contributed by atoms with E-state index in [9.17, 15) is 4.39 Å². The van der Waals surface area contributed by atoms with Gasteiger partial charge in [-0.2, -0.15) is 0 Å². The average molecular weight is 271 g/mol. The summed E-state index contributed by atoms with van der Waals surface area (Å²) in [6.45, 7) is 4.47. The minimum absolute atomic E-state index is 0.132. The van der Waals surface area contributed by atoms with E-state index in [1.54, 1.807) is 12.1 Å². The second-order valence-corrected chi connectivity index (χ2v) is 5.34. The molecule has 0 fully saturated rings. The Morgan fingerprint density at radius 1 is 1.20 bits per heavy atom. The molecule has 0 N–H and O–H groups in total. The van der Waals surface area contributed by atoms with Gasteiger partial charge in [0.1, 0.15) is 17.7 Å². The maximum atomic E-state index is 13.3. The van der Waals surface area contributed by atoms with Gasteiger partial charge in [-0.05, 0) is 30.7 Å². The van der Waals surface area contributed by atoms with Crippen LogP contribution in [0, 0.1) is 5.82 Å². The normalized spacial score (nSPS) is 19.0. The number of halogens is 1. The van der Waals surface area contributed by atoms with Crippen LogP contribution in [0.25, 0.3) is 0 Å². The van der Waals surface area contributed by atoms with E-state index in [1.807, 2.05) is 24.3 Å². The van der Waals surface area contributed by atoms with Crippen molar-refractivity contribution >= 4 is 0 Å². The number of para-hydroxylation sites is 1. The molecule has 0 spiro atoms. The smallest absolute Gasteiger partial charge is 0.124 e. The Bertz CT molecular complexity index is 599. The maximum absolute atomic E-state index is 13.3. The molecule has 0 amide bonds. The Hall–Kier alpha value is -1.87. The molecule has 1 aliphatic rings. The van der Waals surface area contributed by atoms with Crippen LogP contribution in [0.1, 0.15) is 18.1 Å². The van der Waals surface area contributed by atoms with Crippen molar-refractivity contribution in [3.05, 3.63) is 65.5 Å². The summed E-state index contributed by atoms with van der Waals surface area (Å²) in [6.07, 6.45) is 0.132. The van der Waals surface area contributed by atoms with Gasteiger partial charge in [0.2, 0.25) is 0 Å². The molecule has 20 heavy (non-hydrogen) atoms. The molecule has 2 aromatic rings. The molecule has 2 aromatic carbocycles. The topological polar surface area (TPSA) is 12.5 Å². The standard InChI is InChI=1S/C17H18FNO/c1-13-10-19(11-14-5-4-7-16(18)9-14)12-15-6-2-3-8-17(15)20-13/h2-9,13H,10-12H2,1H3. The van der Waals surface area contributed by atoms with E-state index in [0.29, 0.717) is 0 Å². The number of hydrogen-bond donors (Lipinski definition) is 0. The summed E-state index contributed by atoms with van der Waals surface area (Å²) in [6, 6.07) is 14.9. The van der Waals surface area contributed by atoms with Gasteiger partial charge in [-0.3, -0.25) is 4.90 Å². The van der Waals surface area contributed by atoms with Crippen LogP contribution < -0.4 is 4.74 Å². The van der Waals surface area contributed by atoms with Gasteiger partial charge in [0, 0.05) is 25.2 Å². The van der Waals surface area contributed by atoms with Crippen LogP contribution in [-0.4, -0.2) is 17.5 Å². The summed E-state index contributed by atoms with van der Waals surface area (Å²) in [5, 5.41) is 0. The van der Waals surface area contributed by atoms with Crippen molar-refractivity contribution in [2.45, 2.75) is 26.1 Å². The predicted octanol–water partition coefficient (Wildman–Crippen LogP) is 3.61. The highest BCUT2D eigenvalue weighted by Crippen LogP contribution is 2.25. The first-order valence-corrected chi connectivity index (χ1v) is 6.92. The van der Waals surface area contributed by atoms with Crippen molar-refractivity contribution in [1.29, 1.82) is 0 Å². The molecule has 2 nitrogen and oxygen atoms in total. The van der Waals surface area contributed by atoms with E-state index < -0.39 is 0 Å². The largest absolute Gasteiger partial charge is 0.489 e. The number of rotatable bonds is 2. The molecule has 0 bridgehead atoms. The molecular weight excluding hydrogens is 253 g/mol. The van der Waals surface area contributed by atoms with Gasteiger partial charge in [-0.15, -0.1) is 0 Å². The Kier molecular flexibility index (Phi) is 3.70. The van der Waals surface area contributed by atoms with Crippen LogP contribution in [0.15, 0.2) is 48.5 Å². The van der Waals surface area contributed by atoms with Gasteiger partial charge in [0.15, 0.2) is 0 Å². The van der Waals surface area contributed by atoms with E-state index in [4.69, 9.17) is 4.74 Å². The predicted molar refractivity (Wildman–Crippen MR) is 77.0 cm³/mol. The lowest BCUT2D eigenvalue weighted by atomic mass is 10.1. The summed E-state index contributed by atoms with van der Waals surface area (Å²) >= 11 is 0. The number of benzene rings is 2. The number of nitrogens with zero attached hydrogens (tertiary/aromatic N) is 1. The summed E-state index contributed by atoms with van der Waals surface area (Å²) in [7, 11) is 0. The minimum atomic E-state index is -0.179. The SMILES string of the molecule is CC1CN(Cc2cccc(F)c2)Cc2ccccc2O1. The summed E-state index contributed by atoms with van der Waals surface area (Å²) in [5.74, 6) is 0.781. The molecule has 0 saturated carbocycles. The Morgan fingerprint density at radius 3 is 2.90 bits per heavy atom. The zero-order valence-electron chi connectivity index (χ0n) is 11.6. The molecule has 1 unspecified atom stereocenters. The van der Waals surface area contributed by atoms with Gasteiger partial charge < -0.3 is 4.74 Å². The first kappa shape index (κ1) is 13.1. The summed E-state index contributed by atoms with van der Waals surface area (Å²) < 4.78 is 19.2.